The Morgan fingerprint density at radius 2 is 2.10 bits per heavy atom. The second kappa shape index (κ2) is 7.29. The number of hydrogen-bond acceptors (Lipinski definition) is 4. The van der Waals surface area contributed by atoms with Gasteiger partial charge in [-0.2, -0.15) is 11.8 Å². The molecule has 0 aromatic heterocycles. The van der Waals surface area contributed by atoms with Gasteiger partial charge in [0.05, 0.1) is 5.92 Å². The van der Waals surface area contributed by atoms with Crippen molar-refractivity contribution in [1.29, 1.82) is 0 Å². The Bertz CT molecular complexity index is 464. The largest absolute Gasteiger partial charge is 0.301 e. The molecule has 0 spiro atoms. The van der Waals surface area contributed by atoms with E-state index in [4.69, 9.17) is 5.84 Å². The molecule has 3 N–H and O–H groups in total. The van der Waals surface area contributed by atoms with Gasteiger partial charge in [0, 0.05) is 23.6 Å². The maximum absolute atomic E-state index is 12.1. The molecule has 0 radical (unpaired) electrons. The Labute approximate surface area is 131 Å². The highest BCUT2D eigenvalue weighted by Crippen LogP contribution is 2.31. The SMILES string of the molecule is CC1(C)CCN(CC(C(=O)NN)c2ccccc2)CCS1. The first kappa shape index (κ1) is 16.3. The van der Waals surface area contributed by atoms with Crippen molar-refractivity contribution in [1.82, 2.24) is 10.3 Å². The summed E-state index contributed by atoms with van der Waals surface area (Å²) < 4.78 is 0.327. The highest BCUT2D eigenvalue weighted by Gasteiger charge is 2.27. The number of benzene rings is 1. The predicted molar refractivity (Wildman–Crippen MR) is 89.1 cm³/mol. The number of nitrogens with two attached hydrogens (primary N) is 1. The van der Waals surface area contributed by atoms with Crippen molar-refractivity contribution < 1.29 is 4.79 Å². The van der Waals surface area contributed by atoms with Crippen molar-refractivity contribution in [3.8, 4) is 0 Å². The van der Waals surface area contributed by atoms with Gasteiger partial charge < -0.3 is 4.90 Å². The van der Waals surface area contributed by atoms with Crippen molar-refractivity contribution in [3.05, 3.63) is 35.9 Å². The Balaban J connectivity index is 2.07. The molecule has 1 atom stereocenters. The summed E-state index contributed by atoms with van der Waals surface area (Å²) in [5.41, 5.74) is 3.34. The second-order valence-corrected chi connectivity index (χ2v) is 7.93. The number of hydrogen-bond donors (Lipinski definition) is 2. The van der Waals surface area contributed by atoms with Gasteiger partial charge in [0.2, 0.25) is 5.91 Å². The second-order valence-electron chi connectivity index (χ2n) is 6.13. The van der Waals surface area contributed by atoms with Crippen LogP contribution in [0.4, 0.5) is 0 Å². The molecule has 1 aromatic carbocycles. The lowest BCUT2D eigenvalue weighted by Gasteiger charge is -2.26. The highest BCUT2D eigenvalue weighted by atomic mass is 32.2. The third-order valence-corrected chi connectivity index (χ3v) is 5.40. The zero-order valence-corrected chi connectivity index (χ0v) is 13.7. The fraction of sp³-hybridized carbons (Fsp3) is 0.562. The van der Waals surface area contributed by atoms with E-state index in [1.807, 2.05) is 42.1 Å². The predicted octanol–water partition coefficient (Wildman–Crippen LogP) is 1.98. The van der Waals surface area contributed by atoms with Gasteiger partial charge in [-0.15, -0.1) is 0 Å². The zero-order valence-electron chi connectivity index (χ0n) is 12.8. The van der Waals surface area contributed by atoms with E-state index in [0.29, 0.717) is 4.75 Å². The van der Waals surface area contributed by atoms with Crippen LogP contribution in [-0.4, -0.2) is 40.9 Å². The fourth-order valence-electron chi connectivity index (χ4n) is 2.63. The van der Waals surface area contributed by atoms with Gasteiger partial charge in [-0.3, -0.25) is 10.2 Å². The third-order valence-electron chi connectivity index (χ3n) is 4.03. The lowest BCUT2D eigenvalue weighted by molar-refractivity contribution is -0.123. The Morgan fingerprint density at radius 1 is 1.38 bits per heavy atom. The molecule has 116 valence electrons. The topological polar surface area (TPSA) is 58.4 Å². The Hall–Kier alpha value is -1.04. The van der Waals surface area contributed by atoms with E-state index >= 15 is 0 Å². The van der Waals surface area contributed by atoms with Crippen LogP contribution in [0.3, 0.4) is 0 Å². The summed E-state index contributed by atoms with van der Waals surface area (Å²) in [7, 11) is 0. The summed E-state index contributed by atoms with van der Waals surface area (Å²) in [6, 6.07) is 9.89. The minimum atomic E-state index is -0.206. The van der Waals surface area contributed by atoms with Gasteiger partial charge in [-0.25, -0.2) is 5.84 Å². The van der Waals surface area contributed by atoms with Crippen LogP contribution in [0.15, 0.2) is 30.3 Å². The molecule has 0 bridgehead atoms. The fourth-order valence-corrected chi connectivity index (χ4v) is 3.77. The zero-order chi connectivity index (χ0) is 15.3. The highest BCUT2D eigenvalue weighted by molar-refractivity contribution is 8.00. The van der Waals surface area contributed by atoms with Crippen LogP contribution in [0.25, 0.3) is 0 Å². The monoisotopic (exact) mass is 307 g/mol. The Morgan fingerprint density at radius 3 is 2.76 bits per heavy atom. The quantitative estimate of drug-likeness (QED) is 0.507. The third kappa shape index (κ3) is 4.73. The summed E-state index contributed by atoms with van der Waals surface area (Å²) in [6.07, 6.45) is 1.14. The molecule has 1 aliphatic rings. The maximum Gasteiger partial charge on any atom is 0.242 e. The average Bonchev–Trinajstić information content (AvgIpc) is 2.66. The van der Waals surface area contributed by atoms with Gasteiger partial charge in [0.15, 0.2) is 0 Å². The number of nitrogens with one attached hydrogen (secondary N) is 1. The molecule has 0 saturated carbocycles. The van der Waals surface area contributed by atoms with E-state index in [-0.39, 0.29) is 11.8 Å². The van der Waals surface area contributed by atoms with E-state index in [1.54, 1.807) is 0 Å². The molecular formula is C16H25N3OS. The van der Waals surface area contributed by atoms with E-state index in [2.05, 4.69) is 24.2 Å². The van der Waals surface area contributed by atoms with Crippen molar-refractivity contribution in [2.24, 2.45) is 5.84 Å². The van der Waals surface area contributed by atoms with E-state index < -0.39 is 0 Å². The molecule has 1 amide bonds. The van der Waals surface area contributed by atoms with Crippen LogP contribution in [0, 0.1) is 0 Å². The smallest absolute Gasteiger partial charge is 0.242 e. The minimum Gasteiger partial charge on any atom is -0.301 e. The molecule has 0 aliphatic carbocycles. The molecule has 1 aliphatic heterocycles. The first-order valence-electron chi connectivity index (χ1n) is 7.43. The lowest BCUT2D eigenvalue weighted by Crippen LogP contribution is -2.41. The van der Waals surface area contributed by atoms with Crippen molar-refractivity contribution in [2.45, 2.75) is 30.9 Å². The van der Waals surface area contributed by atoms with Gasteiger partial charge in [-0.05, 0) is 18.5 Å². The molecule has 1 heterocycles. The standard InChI is InChI=1S/C16H25N3OS/c1-16(2)8-9-19(10-11-21-16)12-14(15(20)18-17)13-6-4-3-5-7-13/h3-7,14H,8-12,17H2,1-2H3,(H,18,20). The number of thioether (sulfide) groups is 1. The Kier molecular flexibility index (Phi) is 5.67. The van der Waals surface area contributed by atoms with Gasteiger partial charge >= 0.3 is 0 Å². The molecule has 1 aromatic rings. The lowest BCUT2D eigenvalue weighted by atomic mass is 9.97. The molecule has 1 fully saturated rings. The van der Waals surface area contributed by atoms with Crippen molar-refractivity contribution >= 4 is 17.7 Å². The van der Waals surface area contributed by atoms with E-state index in [0.717, 1.165) is 37.4 Å². The van der Waals surface area contributed by atoms with E-state index in [1.165, 1.54) is 0 Å². The summed E-state index contributed by atoms with van der Waals surface area (Å²) in [5.74, 6) is 6.16. The number of carbonyl (C=O) groups excluding carboxylic acids is 1. The van der Waals surface area contributed by atoms with Crippen LogP contribution in [-0.2, 0) is 4.79 Å². The van der Waals surface area contributed by atoms with Crippen molar-refractivity contribution in [2.75, 3.05) is 25.4 Å². The molecule has 4 nitrogen and oxygen atoms in total. The first-order valence-corrected chi connectivity index (χ1v) is 8.42. The van der Waals surface area contributed by atoms with Gasteiger partial charge in [0.1, 0.15) is 0 Å². The van der Waals surface area contributed by atoms with Crippen LogP contribution in [0.2, 0.25) is 0 Å². The van der Waals surface area contributed by atoms with E-state index in [9.17, 15) is 4.79 Å². The number of nitrogens with zero attached hydrogens (tertiary/aromatic N) is 1. The van der Waals surface area contributed by atoms with Crippen LogP contribution >= 0.6 is 11.8 Å². The number of hydrazine groups is 1. The maximum atomic E-state index is 12.1. The summed E-state index contributed by atoms with van der Waals surface area (Å²) in [6.45, 7) is 7.37. The van der Waals surface area contributed by atoms with Crippen LogP contribution < -0.4 is 11.3 Å². The van der Waals surface area contributed by atoms with Crippen LogP contribution in [0.5, 0.6) is 0 Å². The van der Waals surface area contributed by atoms with Gasteiger partial charge in [-0.1, -0.05) is 44.2 Å². The molecule has 21 heavy (non-hydrogen) atoms. The normalized spacial score (nSPS) is 20.5. The van der Waals surface area contributed by atoms with Gasteiger partial charge in [0.25, 0.3) is 0 Å². The van der Waals surface area contributed by atoms with Crippen LogP contribution in [0.1, 0.15) is 31.7 Å². The molecule has 2 rings (SSSR count). The minimum absolute atomic E-state index is 0.114. The molecule has 1 saturated heterocycles. The summed E-state index contributed by atoms with van der Waals surface area (Å²) in [4.78, 5) is 14.5. The summed E-state index contributed by atoms with van der Waals surface area (Å²) in [5, 5.41) is 0. The van der Waals surface area contributed by atoms with Crippen molar-refractivity contribution in [3.63, 3.8) is 0 Å². The molecular weight excluding hydrogens is 282 g/mol. The molecule has 5 heteroatoms. The average molecular weight is 307 g/mol. The summed E-state index contributed by atoms with van der Waals surface area (Å²) >= 11 is 2.02. The number of amides is 1. The number of rotatable bonds is 4. The first-order chi connectivity index (χ1) is 10.0. The number of carbonyl (C=O) groups is 1. The molecule has 1 unspecified atom stereocenters.